The molecule has 0 amide bonds. The van der Waals surface area contributed by atoms with Gasteiger partial charge in [0.15, 0.2) is 0 Å². The summed E-state index contributed by atoms with van der Waals surface area (Å²) in [6.45, 7) is 1.55. The predicted molar refractivity (Wildman–Crippen MR) is 78.7 cm³/mol. The van der Waals surface area contributed by atoms with E-state index in [9.17, 15) is 10.4 Å². The van der Waals surface area contributed by atoms with Gasteiger partial charge < -0.3 is 5.11 Å². The molecule has 2 unspecified atom stereocenters. The molecule has 0 aliphatic carbocycles. The van der Waals surface area contributed by atoms with Gasteiger partial charge in [-0.1, -0.05) is 85.3 Å². The molecular formula is C18H16LiNO. The summed E-state index contributed by atoms with van der Waals surface area (Å²) in [6, 6.07) is 20.9. The van der Waals surface area contributed by atoms with Gasteiger partial charge in [-0.2, -0.15) is 5.26 Å². The first-order valence-electron chi connectivity index (χ1n) is 6.53. The molecule has 0 fully saturated rings. The van der Waals surface area contributed by atoms with E-state index in [2.05, 4.69) is 6.07 Å². The van der Waals surface area contributed by atoms with Crippen LogP contribution in [0.2, 0.25) is 0 Å². The predicted octanol–water partition coefficient (Wildman–Crippen LogP) is 0.130. The maximum absolute atomic E-state index is 12.7. The summed E-state index contributed by atoms with van der Waals surface area (Å²) >= 11 is 0. The largest absolute Gasteiger partial charge is 1.00 e. The molecule has 3 heteroatoms. The van der Waals surface area contributed by atoms with Crippen LogP contribution in [0.15, 0.2) is 66.7 Å². The molecule has 0 N–H and O–H groups in total. The SMILES string of the molecule is CC([O-])(/C=C/c1ccccc1)C(C#N)c1ccccc1.[Li+]. The first-order valence-corrected chi connectivity index (χ1v) is 6.53. The fraction of sp³-hybridized carbons (Fsp3) is 0.167. The van der Waals surface area contributed by atoms with Crippen molar-refractivity contribution in [1.82, 2.24) is 0 Å². The van der Waals surface area contributed by atoms with Gasteiger partial charge in [-0.3, -0.25) is 0 Å². The van der Waals surface area contributed by atoms with Crippen LogP contribution in [-0.2, 0) is 0 Å². The van der Waals surface area contributed by atoms with Crippen LogP contribution in [0.1, 0.15) is 24.0 Å². The summed E-state index contributed by atoms with van der Waals surface area (Å²) in [6.07, 6.45) is 3.35. The molecule has 0 saturated heterocycles. The molecule has 0 bridgehead atoms. The molecule has 0 spiro atoms. The molecule has 21 heavy (non-hydrogen) atoms. The molecule has 100 valence electrons. The smallest absolute Gasteiger partial charge is 0.845 e. The first-order chi connectivity index (χ1) is 9.63. The second-order valence-corrected chi connectivity index (χ2v) is 4.90. The van der Waals surface area contributed by atoms with E-state index in [1.165, 1.54) is 0 Å². The molecule has 2 aromatic rings. The molecule has 0 aromatic heterocycles. The Labute approximate surface area is 137 Å². The minimum absolute atomic E-state index is 0. The molecule has 2 atom stereocenters. The van der Waals surface area contributed by atoms with Gasteiger partial charge in [-0.25, -0.2) is 0 Å². The van der Waals surface area contributed by atoms with E-state index in [1.807, 2.05) is 60.7 Å². The van der Waals surface area contributed by atoms with Crippen molar-refractivity contribution in [3.8, 4) is 6.07 Å². The van der Waals surface area contributed by atoms with Gasteiger partial charge in [0.1, 0.15) is 0 Å². The van der Waals surface area contributed by atoms with Gasteiger partial charge >= 0.3 is 18.9 Å². The van der Waals surface area contributed by atoms with Crippen LogP contribution < -0.4 is 24.0 Å². The molecule has 2 aromatic carbocycles. The van der Waals surface area contributed by atoms with Crippen molar-refractivity contribution in [3.63, 3.8) is 0 Å². The van der Waals surface area contributed by atoms with E-state index in [0.717, 1.165) is 11.1 Å². The number of rotatable bonds is 4. The van der Waals surface area contributed by atoms with Crippen molar-refractivity contribution in [3.05, 3.63) is 77.9 Å². The zero-order valence-electron chi connectivity index (χ0n) is 12.4. The first kappa shape index (κ1) is 17.3. The van der Waals surface area contributed by atoms with Crippen LogP contribution >= 0.6 is 0 Å². The molecule has 2 nitrogen and oxygen atoms in total. The quantitative estimate of drug-likeness (QED) is 0.741. The molecular weight excluding hydrogens is 253 g/mol. The van der Waals surface area contributed by atoms with Crippen LogP contribution in [-0.4, -0.2) is 5.60 Å². The molecule has 0 aliphatic heterocycles. The maximum Gasteiger partial charge on any atom is 1.00 e. The van der Waals surface area contributed by atoms with E-state index >= 15 is 0 Å². The van der Waals surface area contributed by atoms with Gasteiger partial charge in [-0.05, 0) is 11.1 Å². The Bertz CT molecular complexity index is 615. The van der Waals surface area contributed by atoms with Crippen molar-refractivity contribution in [2.24, 2.45) is 0 Å². The average Bonchev–Trinajstić information content (AvgIpc) is 2.48. The Kier molecular flexibility index (Phi) is 6.47. The van der Waals surface area contributed by atoms with Crippen molar-refractivity contribution in [2.45, 2.75) is 18.4 Å². The second kappa shape index (κ2) is 7.86. The normalized spacial score (nSPS) is 14.7. The van der Waals surface area contributed by atoms with Crippen LogP contribution in [0.5, 0.6) is 0 Å². The fourth-order valence-electron chi connectivity index (χ4n) is 2.10. The zero-order chi connectivity index (χ0) is 14.4. The van der Waals surface area contributed by atoms with Crippen LogP contribution in [0, 0.1) is 11.3 Å². The van der Waals surface area contributed by atoms with Crippen molar-refractivity contribution in [1.29, 1.82) is 5.26 Å². The Morgan fingerprint density at radius 1 is 1.05 bits per heavy atom. The molecule has 0 heterocycles. The number of benzene rings is 2. The van der Waals surface area contributed by atoms with Crippen LogP contribution in [0.4, 0.5) is 0 Å². The number of nitriles is 1. The summed E-state index contributed by atoms with van der Waals surface area (Å²) in [7, 11) is 0. The van der Waals surface area contributed by atoms with Crippen molar-refractivity contribution < 1.29 is 24.0 Å². The summed E-state index contributed by atoms with van der Waals surface area (Å²) < 4.78 is 0. The topological polar surface area (TPSA) is 46.8 Å². The second-order valence-electron chi connectivity index (χ2n) is 4.90. The molecule has 0 radical (unpaired) electrons. The molecule has 2 rings (SSSR count). The maximum atomic E-state index is 12.7. The third-order valence-electron chi connectivity index (χ3n) is 3.24. The Hall–Kier alpha value is -1.77. The number of hydrogen-bond donors (Lipinski definition) is 0. The van der Waals surface area contributed by atoms with Gasteiger partial charge in [0, 0.05) is 0 Å². The van der Waals surface area contributed by atoms with Gasteiger partial charge in [0.2, 0.25) is 0 Å². The Balaban J connectivity index is 0.00000220. The van der Waals surface area contributed by atoms with E-state index in [4.69, 9.17) is 0 Å². The van der Waals surface area contributed by atoms with Gasteiger partial charge in [0.25, 0.3) is 0 Å². The molecule has 0 aliphatic rings. The fourth-order valence-corrected chi connectivity index (χ4v) is 2.10. The Morgan fingerprint density at radius 3 is 2.10 bits per heavy atom. The zero-order valence-corrected chi connectivity index (χ0v) is 12.4. The third-order valence-corrected chi connectivity index (χ3v) is 3.24. The van der Waals surface area contributed by atoms with E-state index in [1.54, 1.807) is 19.1 Å². The summed E-state index contributed by atoms with van der Waals surface area (Å²) in [5, 5.41) is 22.0. The Morgan fingerprint density at radius 2 is 1.57 bits per heavy atom. The summed E-state index contributed by atoms with van der Waals surface area (Å²) in [5.74, 6) is -0.705. The van der Waals surface area contributed by atoms with E-state index in [-0.39, 0.29) is 18.9 Å². The van der Waals surface area contributed by atoms with E-state index in [0.29, 0.717) is 0 Å². The van der Waals surface area contributed by atoms with Gasteiger partial charge in [-0.15, -0.1) is 0 Å². The molecule has 0 saturated carbocycles. The number of nitrogens with zero attached hydrogens (tertiary/aromatic N) is 1. The summed E-state index contributed by atoms with van der Waals surface area (Å²) in [4.78, 5) is 0. The van der Waals surface area contributed by atoms with Crippen molar-refractivity contribution in [2.75, 3.05) is 0 Å². The number of hydrogen-bond acceptors (Lipinski definition) is 2. The van der Waals surface area contributed by atoms with E-state index < -0.39 is 11.5 Å². The minimum atomic E-state index is -1.47. The summed E-state index contributed by atoms with van der Waals surface area (Å²) in [5.41, 5.74) is 0.246. The monoisotopic (exact) mass is 269 g/mol. The van der Waals surface area contributed by atoms with Crippen LogP contribution in [0.3, 0.4) is 0 Å². The standard InChI is InChI=1S/C18H16NO.Li/c1-18(20,13-12-15-8-4-2-5-9-15)17(14-19)16-10-6-3-7-11-16;/h2-13,17H,1H3;/q-1;+1/b13-12+;. The van der Waals surface area contributed by atoms with Crippen LogP contribution in [0.25, 0.3) is 6.08 Å². The van der Waals surface area contributed by atoms with Crippen molar-refractivity contribution >= 4 is 6.08 Å². The van der Waals surface area contributed by atoms with Gasteiger partial charge in [0.05, 0.1) is 12.0 Å². The minimum Gasteiger partial charge on any atom is -0.845 e. The average molecular weight is 269 g/mol. The third kappa shape index (κ3) is 4.62.